The topological polar surface area (TPSA) is 64.3 Å². The fourth-order valence-corrected chi connectivity index (χ4v) is 3.75. The van der Waals surface area contributed by atoms with Gasteiger partial charge in [0.15, 0.2) is 0 Å². The molecule has 4 rings (SSSR count). The SMILES string of the molecule is N=C1c2ccc(O)cc2CC12Cc1ccc(O)cc1C2. The van der Waals surface area contributed by atoms with Crippen molar-refractivity contribution >= 4 is 5.71 Å². The fourth-order valence-electron chi connectivity index (χ4n) is 3.75. The van der Waals surface area contributed by atoms with Gasteiger partial charge in [-0.25, -0.2) is 0 Å². The van der Waals surface area contributed by atoms with Gasteiger partial charge in [0.1, 0.15) is 11.5 Å². The van der Waals surface area contributed by atoms with Gasteiger partial charge in [-0.05, 0) is 71.8 Å². The van der Waals surface area contributed by atoms with Crippen LogP contribution >= 0.6 is 0 Å². The van der Waals surface area contributed by atoms with Crippen molar-refractivity contribution in [1.29, 1.82) is 5.41 Å². The lowest BCUT2D eigenvalue weighted by Crippen LogP contribution is -2.28. The van der Waals surface area contributed by atoms with E-state index in [9.17, 15) is 10.2 Å². The Kier molecular flexibility index (Phi) is 2.09. The van der Waals surface area contributed by atoms with Crippen LogP contribution in [0.5, 0.6) is 11.5 Å². The van der Waals surface area contributed by atoms with Crippen LogP contribution in [0, 0.1) is 10.8 Å². The van der Waals surface area contributed by atoms with E-state index >= 15 is 0 Å². The molecule has 0 saturated carbocycles. The second kappa shape index (κ2) is 3.63. The molecule has 0 radical (unpaired) electrons. The van der Waals surface area contributed by atoms with E-state index in [1.807, 2.05) is 18.2 Å². The molecule has 0 fully saturated rings. The lowest BCUT2D eigenvalue weighted by molar-refractivity contribution is 0.452. The van der Waals surface area contributed by atoms with Gasteiger partial charge in [-0.3, -0.25) is 0 Å². The molecule has 2 aromatic carbocycles. The standard InChI is InChI=1S/C17H15NO2/c18-16-15-4-3-14(20)6-12(15)9-17(16)7-10-1-2-13(19)5-11(10)8-17/h1-6,18-20H,7-9H2. The van der Waals surface area contributed by atoms with Crippen LogP contribution in [0.2, 0.25) is 0 Å². The summed E-state index contributed by atoms with van der Waals surface area (Å²) in [5.41, 5.74) is 4.87. The molecule has 2 aromatic rings. The molecule has 100 valence electrons. The molecule has 20 heavy (non-hydrogen) atoms. The summed E-state index contributed by atoms with van der Waals surface area (Å²) < 4.78 is 0. The maximum absolute atomic E-state index is 9.62. The first-order valence-electron chi connectivity index (χ1n) is 6.79. The lowest BCUT2D eigenvalue weighted by Gasteiger charge is -2.22. The van der Waals surface area contributed by atoms with Crippen molar-refractivity contribution < 1.29 is 10.2 Å². The summed E-state index contributed by atoms with van der Waals surface area (Å²) in [4.78, 5) is 0. The third kappa shape index (κ3) is 1.43. The van der Waals surface area contributed by atoms with Crippen molar-refractivity contribution in [2.24, 2.45) is 5.41 Å². The first-order valence-corrected chi connectivity index (χ1v) is 6.79. The molecule has 0 heterocycles. The highest BCUT2D eigenvalue weighted by Crippen LogP contribution is 2.48. The van der Waals surface area contributed by atoms with E-state index < -0.39 is 0 Å². The average Bonchev–Trinajstić information content (AvgIpc) is 2.88. The summed E-state index contributed by atoms with van der Waals surface area (Å²) in [6, 6.07) is 10.8. The van der Waals surface area contributed by atoms with E-state index in [1.54, 1.807) is 18.2 Å². The maximum Gasteiger partial charge on any atom is 0.115 e. The Morgan fingerprint density at radius 1 is 0.800 bits per heavy atom. The number of aromatic hydroxyl groups is 2. The zero-order valence-corrected chi connectivity index (χ0v) is 11.0. The van der Waals surface area contributed by atoms with Gasteiger partial charge in [-0.15, -0.1) is 0 Å². The van der Waals surface area contributed by atoms with Crippen molar-refractivity contribution in [1.82, 2.24) is 0 Å². The molecular formula is C17H15NO2. The Morgan fingerprint density at radius 3 is 2.20 bits per heavy atom. The molecule has 1 atom stereocenters. The van der Waals surface area contributed by atoms with Crippen LogP contribution in [0.25, 0.3) is 0 Å². The molecule has 0 aromatic heterocycles. The molecule has 1 unspecified atom stereocenters. The molecule has 3 heteroatoms. The molecule has 2 aliphatic rings. The number of phenolic OH excluding ortho intramolecular Hbond substituents is 2. The van der Waals surface area contributed by atoms with Crippen LogP contribution in [0.4, 0.5) is 0 Å². The van der Waals surface area contributed by atoms with Crippen LogP contribution in [0.1, 0.15) is 22.3 Å². The number of rotatable bonds is 0. The zero-order chi connectivity index (χ0) is 13.9. The number of nitrogens with one attached hydrogen (secondary N) is 1. The predicted octanol–water partition coefficient (Wildman–Crippen LogP) is 2.81. The van der Waals surface area contributed by atoms with Crippen LogP contribution in [-0.2, 0) is 19.3 Å². The largest absolute Gasteiger partial charge is 0.508 e. The maximum atomic E-state index is 9.62. The van der Waals surface area contributed by atoms with E-state index in [0.29, 0.717) is 11.5 Å². The van der Waals surface area contributed by atoms with E-state index in [4.69, 9.17) is 5.41 Å². The molecule has 0 aliphatic heterocycles. The smallest absolute Gasteiger partial charge is 0.115 e. The second-order valence-electron chi connectivity index (χ2n) is 5.98. The molecule has 0 saturated heterocycles. The van der Waals surface area contributed by atoms with Gasteiger partial charge < -0.3 is 15.6 Å². The van der Waals surface area contributed by atoms with Gasteiger partial charge in [0.05, 0.1) is 0 Å². The van der Waals surface area contributed by atoms with Crippen molar-refractivity contribution in [3.8, 4) is 11.5 Å². The van der Waals surface area contributed by atoms with Crippen LogP contribution in [-0.4, -0.2) is 15.9 Å². The van der Waals surface area contributed by atoms with E-state index in [-0.39, 0.29) is 11.2 Å². The summed E-state index contributed by atoms with van der Waals surface area (Å²) >= 11 is 0. The Hall–Kier alpha value is -2.29. The van der Waals surface area contributed by atoms with Crippen molar-refractivity contribution in [3.63, 3.8) is 0 Å². The molecule has 3 N–H and O–H groups in total. The lowest BCUT2D eigenvalue weighted by atomic mass is 9.80. The van der Waals surface area contributed by atoms with E-state index in [0.717, 1.165) is 36.0 Å². The highest BCUT2D eigenvalue weighted by molar-refractivity contribution is 6.07. The number of benzene rings is 2. The Bertz CT molecular complexity index is 747. The monoisotopic (exact) mass is 265 g/mol. The number of hydrogen-bond donors (Lipinski definition) is 3. The van der Waals surface area contributed by atoms with Crippen LogP contribution in [0.15, 0.2) is 36.4 Å². The molecule has 3 nitrogen and oxygen atoms in total. The zero-order valence-electron chi connectivity index (χ0n) is 11.0. The van der Waals surface area contributed by atoms with Crippen molar-refractivity contribution in [2.45, 2.75) is 19.3 Å². The van der Waals surface area contributed by atoms with Gasteiger partial charge >= 0.3 is 0 Å². The van der Waals surface area contributed by atoms with E-state index in [2.05, 4.69) is 0 Å². The fraction of sp³-hybridized carbons (Fsp3) is 0.235. The summed E-state index contributed by atoms with van der Waals surface area (Å²) in [7, 11) is 0. The highest BCUT2D eigenvalue weighted by Gasteiger charge is 2.46. The number of hydrogen-bond acceptors (Lipinski definition) is 3. The third-order valence-electron chi connectivity index (χ3n) is 4.66. The van der Waals surface area contributed by atoms with Crippen molar-refractivity contribution in [2.75, 3.05) is 0 Å². The van der Waals surface area contributed by atoms with Gasteiger partial charge in [0.25, 0.3) is 0 Å². The first-order chi connectivity index (χ1) is 9.57. The summed E-state index contributed by atoms with van der Waals surface area (Å²) in [5.74, 6) is 0.558. The minimum atomic E-state index is -0.188. The Labute approximate surface area is 117 Å². The summed E-state index contributed by atoms with van der Waals surface area (Å²) in [5, 5.41) is 27.8. The molecule has 0 bridgehead atoms. The van der Waals surface area contributed by atoms with Crippen LogP contribution in [0.3, 0.4) is 0 Å². The molecular weight excluding hydrogens is 250 g/mol. The molecule has 1 spiro atoms. The molecule has 0 amide bonds. The predicted molar refractivity (Wildman–Crippen MR) is 76.6 cm³/mol. The Morgan fingerprint density at radius 2 is 1.40 bits per heavy atom. The van der Waals surface area contributed by atoms with Gasteiger partial charge in [-0.2, -0.15) is 0 Å². The number of fused-ring (bicyclic) bond motifs is 2. The summed E-state index contributed by atoms with van der Waals surface area (Å²) in [6.07, 6.45) is 2.44. The minimum absolute atomic E-state index is 0.188. The quantitative estimate of drug-likeness (QED) is 0.685. The normalized spacial score (nSPS) is 23.1. The Balaban J connectivity index is 1.78. The molecule has 2 aliphatic carbocycles. The van der Waals surface area contributed by atoms with Gasteiger partial charge in [0.2, 0.25) is 0 Å². The minimum Gasteiger partial charge on any atom is -0.508 e. The highest BCUT2D eigenvalue weighted by atomic mass is 16.3. The number of phenols is 2. The van der Waals surface area contributed by atoms with Crippen molar-refractivity contribution in [3.05, 3.63) is 58.7 Å². The second-order valence-corrected chi connectivity index (χ2v) is 5.98. The van der Waals surface area contributed by atoms with Crippen LogP contribution < -0.4 is 0 Å². The third-order valence-corrected chi connectivity index (χ3v) is 4.66. The van der Waals surface area contributed by atoms with Gasteiger partial charge in [0, 0.05) is 11.1 Å². The average molecular weight is 265 g/mol. The van der Waals surface area contributed by atoms with Gasteiger partial charge in [-0.1, -0.05) is 6.07 Å². The first kappa shape index (κ1) is 11.5. The summed E-state index contributed by atoms with van der Waals surface area (Å²) in [6.45, 7) is 0. The van der Waals surface area contributed by atoms with E-state index in [1.165, 1.54) is 5.56 Å².